The molecule has 3 heterocycles. The molecule has 0 bridgehead atoms. The fourth-order valence-electron chi connectivity index (χ4n) is 4.72. The Kier molecular flexibility index (Phi) is 4.30. The fourth-order valence-corrected chi connectivity index (χ4v) is 4.72. The van der Waals surface area contributed by atoms with Crippen LogP contribution in [0.5, 0.6) is 0 Å². The van der Waals surface area contributed by atoms with Crippen LogP contribution in [0.15, 0.2) is 48.7 Å². The van der Waals surface area contributed by atoms with Crippen molar-refractivity contribution >= 4 is 22.7 Å². The number of halogens is 1. The highest BCUT2D eigenvalue weighted by Crippen LogP contribution is 2.45. The first-order valence-corrected chi connectivity index (χ1v) is 11.2. The number of anilines is 2. The minimum atomic E-state index is -0.929. The van der Waals surface area contributed by atoms with Gasteiger partial charge in [-0.3, -0.25) is 4.57 Å². The Hall–Kier alpha value is -3.32. The molecule has 2 aliphatic carbocycles. The number of aryl methyl sites for hydroxylation is 1. The molecule has 0 unspecified atom stereocenters. The highest BCUT2D eigenvalue weighted by Gasteiger charge is 2.38. The van der Waals surface area contributed by atoms with Crippen LogP contribution in [0.3, 0.4) is 0 Å². The maximum atomic E-state index is 15.5. The van der Waals surface area contributed by atoms with Crippen molar-refractivity contribution in [3.63, 3.8) is 0 Å². The molecule has 2 aliphatic rings. The fraction of sp³-hybridized carbons (Fsp3) is 0.320. The molecule has 6 rings (SSSR count). The molecule has 4 aromatic rings. The molecule has 3 aromatic heterocycles. The van der Waals surface area contributed by atoms with Gasteiger partial charge >= 0.3 is 0 Å². The zero-order valence-corrected chi connectivity index (χ0v) is 17.8. The van der Waals surface area contributed by atoms with Gasteiger partial charge in [0.05, 0.1) is 16.8 Å². The maximum Gasteiger partial charge on any atom is 0.229 e. The molecule has 32 heavy (non-hydrogen) atoms. The van der Waals surface area contributed by atoms with E-state index in [2.05, 4.69) is 15.3 Å². The summed E-state index contributed by atoms with van der Waals surface area (Å²) in [5.74, 6) is 0.866. The lowest BCUT2D eigenvalue weighted by molar-refractivity contribution is 0.0306. The zero-order valence-electron chi connectivity index (χ0n) is 17.8. The van der Waals surface area contributed by atoms with Gasteiger partial charge in [-0.15, -0.1) is 0 Å². The number of aromatic nitrogens is 4. The number of nitrogens with one attached hydrogen (secondary N) is 1. The number of benzene rings is 1. The molecule has 1 atom stereocenters. The molecule has 0 amide bonds. The molecular weight excluding hydrogens is 405 g/mol. The topological polar surface area (TPSA) is 75.9 Å². The van der Waals surface area contributed by atoms with Gasteiger partial charge in [0.15, 0.2) is 11.5 Å². The summed E-state index contributed by atoms with van der Waals surface area (Å²) in [4.78, 5) is 13.9. The number of nitrogens with zero attached hydrogens (tertiary/aromatic N) is 4. The van der Waals surface area contributed by atoms with E-state index in [4.69, 9.17) is 4.98 Å². The lowest BCUT2D eigenvalue weighted by atomic mass is 9.98. The molecule has 0 aliphatic heterocycles. The van der Waals surface area contributed by atoms with Crippen molar-refractivity contribution in [2.75, 3.05) is 5.32 Å². The largest absolute Gasteiger partial charge is 0.384 e. The van der Waals surface area contributed by atoms with E-state index in [-0.39, 0.29) is 11.7 Å². The standard InChI is InChI=1S/C25H24FN5O/c1-2-25(32)13-12-16-10-11-19(29-22(16)25)31-21(15-8-9-15)20(26)18-14-27-24(30-23(18)31)28-17-6-4-3-5-7-17/h3-7,10-11,14-15,32H,2,8-9,12-13H2,1H3,(H,27,28,30)/t25-/m1/s1. The molecule has 1 saturated carbocycles. The van der Waals surface area contributed by atoms with E-state index < -0.39 is 5.60 Å². The van der Waals surface area contributed by atoms with E-state index in [0.717, 1.165) is 30.5 Å². The smallest absolute Gasteiger partial charge is 0.229 e. The van der Waals surface area contributed by atoms with E-state index >= 15 is 4.39 Å². The Morgan fingerprint density at radius 3 is 2.72 bits per heavy atom. The molecule has 0 spiro atoms. The van der Waals surface area contributed by atoms with E-state index in [0.29, 0.717) is 47.0 Å². The van der Waals surface area contributed by atoms with Crippen molar-refractivity contribution in [2.24, 2.45) is 0 Å². The molecule has 7 heteroatoms. The summed E-state index contributed by atoms with van der Waals surface area (Å²) in [6.45, 7) is 1.97. The number of hydrogen-bond acceptors (Lipinski definition) is 5. The number of para-hydroxylation sites is 1. The third-order valence-corrected chi connectivity index (χ3v) is 6.70. The zero-order chi connectivity index (χ0) is 21.9. The van der Waals surface area contributed by atoms with Crippen LogP contribution in [0.1, 0.15) is 55.5 Å². The van der Waals surface area contributed by atoms with Crippen LogP contribution < -0.4 is 5.32 Å². The number of rotatable bonds is 5. The Labute approximate surface area is 185 Å². The van der Waals surface area contributed by atoms with Crippen LogP contribution in [-0.4, -0.2) is 24.6 Å². The first-order valence-electron chi connectivity index (χ1n) is 11.2. The lowest BCUT2D eigenvalue weighted by Crippen LogP contribution is -2.22. The van der Waals surface area contributed by atoms with Crippen LogP contribution in [0.25, 0.3) is 16.9 Å². The molecule has 1 fully saturated rings. The van der Waals surface area contributed by atoms with Gasteiger partial charge in [0.25, 0.3) is 0 Å². The Bertz CT molecular complexity index is 1330. The van der Waals surface area contributed by atoms with Gasteiger partial charge in [-0.1, -0.05) is 31.2 Å². The maximum absolute atomic E-state index is 15.5. The van der Waals surface area contributed by atoms with Gasteiger partial charge < -0.3 is 10.4 Å². The monoisotopic (exact) mass is 429 g/mol. The quantitative estimate of drug-likeness (QED) is 0.461. The van der Waals surface area contributed by atoms with Gasteiger partial charge in [0.2, 0.25) is 5.95 Å². The first kappa shape index (κ1) is 19.4. The molecule has 6 nitrogen and oxygen atoms in total. The summed E-state index contributed by atoms with van der Waals surface area (Å²) < 4.78 is 17.3. The molecular formula is C25H24FN5O. The predicted octanol–water partition coefficient (Wildman–Crippen LogP) is 5.12. The van der Waals surface area contributed by atoms with E-state index in [9.17, 15) is 5.11 Å². The summed E-state index contributed by atoms with van der Waals surface area (Å²) in [6, 6.07) is 13.6. The van der Waals surface area contributed by atoms with Crippen LogP contribution in [0.2, 0.25) is 0 Å². The second-order valence-electron chi connectivity index (χ2n) is 8.79. The van der Waals surface area contributed by atoms with Gasteiger partial charge in [0, 0.05) is 17.8 Å². The summed E-state index contributed by atoms with van der Waals surface area (Å²) in [7, 11) is 0. The minimum absolute atomic E-state index is 0.148. The Morgan fingerprint density at radius 2 is 1.97 bits per heavy atom. The van der Waals surface area contributed by atoms with Crippen molar-refractivity contribution in [1.29, 1.82) is 0 Å². The van der Waals surface area contributed by atoms with Gasteiger partial charge in [0.1, 0.15) is 11.4 Å². The number of pyridine rings is 1. The SMILES string of the molecule is CC[C@@]1(O)CCc2ccc(-n3c(C4CC4)c(F)c4cnc(Nc5ccccc5)nc43)nc21. The Balaban J connectivity index is 1.53. The van der Waals surface area contributed by atoms with Crippen molar-refractivity contribution in [3.05, 3.63) is 71.4 Å². The minimum Gasteiger partial charge on any atom is -0.384 e. The number of aliphatic hydroxyl groups is 1. The van der Waals surface area contributed by atoms with Crippen LogP contribution >= 0.6 is 0 Å². The molecule has 2 N–H and O–H groups in total. The molecule has 0 radical (unpaired) electrons. The average Bonchev–Trinajstić information content (AvgIpc) is 3.55. The van der Waals surface area contributed by atoms with Gasteiger partial charge in [-0.25, -0.2) is 14.4 Å². The highest BCUT2D eigenvalue weighted by molar-refractivity contribution is 5.81. The second kappa shape index (κ2) is 7.10. The Morgan fingerprint density at radius 1 is 1.16 bits per heavy atom. The third-order valence-electron chi connectivity index (χ3n) is 6.70. The summed E-state index contributed by atoms with van der Waals surface area (Å²) in [5.41, 5.74) is 2.79. The normalized spacial score (nSPS) is 20.0. The van der Waals surface area contributed by atoms with Gasteiger partial charge in [-0.2, -0.15) is 4.98 Å². The predicted molar refractivity (Wildman–Crippen MR) is 121 cm³/mol. The van der Waals surface area contributed by atoms with Crippen molar-refractivity contribution in [2.45, 2.75) is 50.5 Å². The summed E-state index contributed by atoms with van der Waals surface area (Å²) in [6.07, 6.45) is 5.50. The van der Waals surface area contributed by atoms with Crippen molar-refractivity contribution in [1.82, 2.24) is 19.5 Å². The summed E-state index contributed by atoms with van der Waals surface area (Å²) in [5, 5.41) is 14.6. The number of hydrogen-bond donors (Lipinski definition) is 2. The van der Waals surface area contributed by atoms with Crippen LogP contribution in [0, 0.1) is 5.82 Å². The average molecular weight is 429 g/mol. The third kappa shape index (κ3) is 2.99. The molecule has 0 saturated heterocycles. The number of fused-ring (bicyclic) bond motifs is 2. The molecule has 162 valence electrons. The van der Waals surface area contributed by atoms with Crippen molar-refractivity contribution < 1.29 is 9.50 Å². The van der Waals surface area contributed by atoms with E-state index in [1.165, 1.54) is 0 Å². The molecule has 1 aromatic carbocycles. The van der Waals surface area contributed by atoms with E-state index in [1.54, 1.807) is 6.20 Å². The van der Waals surface area contributed by atoms with Crippen molar-refractivity contribution in [3.8, 4) is 5.82 Å². The van der Waals surface area contributed by atoms with Crippen LogP contribution in [0.4, 0.5) is 16.0 Å². The van der Waals surface area contributed by atoms with Gasteiger partial charge in [-0.05, 0) is 55.9 Å². The lowest BCUT2D eigenvalue weighted by Gasteiger charge is -2.21. The second-order valence-corrected chi connectivity index (χ2v) is 8.79. The summed E-state index contributed by atoms with van der Waals surface area (Å²) >= 11 is 0. The van der Waals surface area contributed by atoms with E-state index in [1.807, 2.05) is 54.0 Å². The first-order chi connectivity index (χ1) is 15.6. The van der Waals surface area contributed by atoms with Crippen LogP contribution in [-0.2, 0) is 12.0 Å². The highest BCUT2D eigenvalue weighted by atomic mass is 19.1.